The minimum absolute atomic E-state index is 0.0632. The second-order valence-electron chi connectivity index (χ2n) is 4.16. The minimum Gasteiger partial charge on any atom is -0.460 e. The molecule has 0 aliphatic heterocycles. The van der Waals surface area contributed by atoms with Crippen LogP contribution in [0.2, 0.25) is 0 Å². The first-order valence-corrected chi connectivity index (χ1v) is 5.98. The molecule has 2 rings (SSSR count). The van der Waals surface area contributed by atoms with Gasteiger partial charge in [-0.3, -0.25) is 0 Å². The lowest BCUT2D eigenvalue weighted by atomic mass is 10.1. The van der Waals surface area contributed by atoms with Crippen LogP contribution in [0.3, 0.4) is 0 Å². The first kappa shape index (κ1) is 14.1. The van der Waals surface area contributed by atoms with Crippen LogP contribution in [0.4, 0.5) is 8.78 Å². The van der Waals surface area contributed by atoms with Crippen LogP contribution in [0, 0.1) is 18.6 Å². The van der Waals surface area contributed by atoms with E-state index in [1.54, 1.807) is 6.92 Å². The van der Waals surface area contributed by atoms with Gasteiger partial charge >= 0.3 is 5.97 Å². The Morgan fingerprint density at radius 2 is 2.10 bits per heavy atom. The number of hydrogen-bond acceptors (Lipinski definition) is 4. The number of hydrogen-bond donors (Lipinski definition) is 0. The van der Waals surface area contributed by atoms with Gasteiger partial charge < -0.3 is 4.74 Å². The Labute approximate surface area is 114 Å². The Hall–Kier alpha value is -2.31. The van der Waals surface area contributed by atoms with Gasteiger partial charge in [-0.25, -0.2) is 23.2 Å². The van der Waals surface area contributed by atoms with Crippen LogP contribution in [0.25, 0.3) is 11.4 Å². The number of halogens is 2. The van der Waals surface area contributed by atoms with Gasteiger partial charge in [-0.05, 0) is 25.5 Å². The van der Waals surface area contributed by atoms with Gasteiger partial charge in [0.05, 0.1) is 12.2 Å². The molecule has 0 atom stereocenters. The van der Waals surface area contributed by atoms with E-state index in [0.29, 0.717) is 0 Å². The van der Waals surface area contributed by atoms with Crippen molar-refractivity contribution in [3.8, 4) is 11.4 Å². The van der Waals surface area contributed by atoms with E-state index in [4.69, 9.17) is 4.74 Å². The molecule has 1 aromatic carbocycles. The van der Waals surface area contributed by atoms with E-state index in [1.807, 2.05) is 0 Å². The summed E-state index contributed by atoms with van der Waals surface area (Å²) in [5.41, 5.74) is -0.0300. The van der Waals surface area contributed by atoms with Crippen molar-refractivity contribution in [3.63, 3.8) is 0 Å². The standard InChI is InChI=1S/C13H13F2N3O2/c1-4-20-13(19)11-16-12(18(3)17-11)9-8(14)6-5-7(2)10(9)15/h5-6H,4H2,1-3H3. The summed E-state index contributed by atoms with van der Waals surface area (Å²) < 4.78 is 33.8. The fraction of sp³-hybridized carbons (Fsp3) is 0.308. The number of carbonyl (C=O) groups excluding carboxylic acids is 1. The first-order valence-electron chi connectivity index (χ1n) is 5.98. The second kappa shape index (κ2) is 5.36. The third-order valence-electron chi connectivity index (χ3n) is 2.73. The van der Waals surface area contributed by atoms with Crippen LogP contribution in [0.1, 0.15) is 23.1 Å². The molecule has 5 nitrogen and oxygen atoms in total. The molecule has 0 unspecified atom stereocenters. The molecule has 0 amide bonds. The van der Waals surface area contributed by atoms with Gasteiger partial charge in [0.25, 0.3) is 5.82 Å². The Morgan fingerprint density at radius 3 is 2.75 bits per heavy atom. The van der Waals surface area contributed by atoms with Gasteiger partial charge in [0.2, 0.25) is 0 Å². The predicted octanol–water partition coefficient (Wildman–Crippen LogP) is 2.25. The summed E-state index contributed by atoms with van der Waals surface area (Å²) >= 11 is 0. The van der Waals surface area contributed by atoms with Gasteiger partial charge in [0.1, 0.15) is 11.6 Å². The van der Waals surface area contributed by atoms with Gasteiger partial charge in [0, 0.05) is 7.05 Å². The highest BCUT2D eigenvalue weighted by atomic mass is 19.1. The number of nitrogens with zero attached hydrogens (tertiary/aromatic N) is 3. The van der Waals surface area contributed by atoms with Gasteiger partial charge in [-0.1, -0.05) is 6.07 Å². The average Bonchev–Trinajstić information content (AvgIpc) is 2.77. The van der Waals surface area contributed by atoms with Crippen molar-refractivity contribution in [3.05, 3.63) is 35.2 Å². The maximum absolute atomic E-state index is 14.0. The Balaban J connectivity index is 2.55. The lowest BCUT2D eigenvalue weighted by Gasteiger charge is -2.05. The van der Waals surface area contributed by atoms with Crippen molar-refractivity contribution >= 4 is 5.97 Å². The summed E-state index contributed by atoms with van der Waals surface area (Å²) in [7, 11) is 1.45. The van der Waals surface area contributed by atoms with Crippen LogP contribution in [-0.2, 0) is 11.8 Å². The molecular formula is C13H13F2N3O2. The maximum Gasteiger partial charge on any atom is 0.378 e. The zero-order chi connectivity index (χ0) is 14.9. The molecule has 1 aromatic heterocycles. The first-order chi connectivity index (χ1) is 9.45. The number of esters is 1. The van der Waals surface area contributed by atoms with Crippen LogP contribution in [0.15, 0.2) is 12.1 Å². The van der Waals surface area contributed by atoms with Crippen molar-refractivity contribution in [1.29, 1.82) is 0 Å². The van der Waals surface area contributed by atoms with E-state index in [2.05, 4.69) is 10.1 Å². The monoisotopic (exact) mass is 281 g/mol. The molecule has 0 aliphatic carbocycles. The van der Waals surface area contributed by atoms with Crippen LogP contribution >= 0.6 is 0 Å². The van der Waals surface area contributed by atoms with Crippen molar-refractivity contribution in [1.82, 2.24) is 14.8 Å². The third-order valence-corrected chi connectivity index (χ3v) is 2.73. The molecule has 1 heterocycles. The number of aromatic nitrogens is 3. The van der Waals surface area contributed by atoms with E-state index in [1.165, 1.54) is 20.0 Å². The molecule has 0 aliphatic rings. The van der Waals surface area contributed by atoms with E-state index in [0.717, 1.165) is 10.7 Å². The van der Waals surface area contributed by atoms with E-state index in [9.17, 15) is 13.6 Å². The van der Waals surface area contributed by atoms with Crippen molar-refractivity contribution < 1.29 is 18.3 Å². The molecular weight excluding hydrogens is 268 g/mol. The quantitative estimate of drug-likeness (QED) is 0.810. The van der Waals surface area contributed by atoms with Crippen molar-refractivity contribution in [2.24, 2.45) is 7.05 Å². The molecule has 0 radical (unpaired) electrons. The molecule has 20 heavy (non-hydrogen) atoms. The van der Waals surface area contributed by atoms with E-state index >= 15 is 0 Å². The van der Waals surface area contributed by atoms with Crippen molar-refractivity contribution in [2.75, 3.05) is 6.61 Å². The Bertz CT molecular complexity index is 668. The topological polar surface area (TPSA) is 57.0 Å². The highest BCUT2D eigenvalue weighted by Gasteiger charge is 2.22. The molecule has 0 spiro atoms. The van der Waals surface area contributed by atoms with Gasteiger partial charge in [0.15, 0.2) is 5.82 Å². The lowest BCUT2D eigenvalue weighted by molar-refractivity contribution is 0.0512. The number of aryl methyl sites for hydroxylation is 2. The lowest BCUT2D eigenvalue weighted by Crippen LogP contribution is -2.07. The molecule has 0 N–H and O–H groups in total. The summed E-state index contributed by atoms with van der Waals surface area (Å²) in [6.45, 7) is 3.32. The number of benzene rings is 1. The summed E-state index contributed by atoms with van der Waals surface area (Å²) in [5, 5.41) is 3.82. The zero-order valence-corrected chi connectivity index (χ0v) is 11.3. The van der Waals surface area contributed by atoms with E-state index < -0.39 is 17.6 Å². The van der Waals surface area contributed by atoms with Crippen LogP contribution in [-0.4, -0.2) is 27.3 Å². The largest absolute Gasteiger partial charge is 0.460 e. The molecule has 0 bridgehead atoms. The maximum atomic E-state index is 14.0. The van der Waals surface area contributed by atoms with E-state index in [-0.39, 0.29) is 29.4 Å². The van der Waals surface area contributed by atoms with Crippen LogP contribution < -0.4 is 0 Å². The second-order valence-corrected chi connectivity index (χ2v) is 4.16. The summed E-state index contributed by atoms with van der Waals surface area (Å²) in [6.07, 6.45) is 0. The normalized spacial score (nSPS) is 10.7. The summed E-state index contributed by atoms with van der Waals surface area (Å²) in [4.78, 5) is 15.4. The Morgan fingerprint density at radius 1 is 1.40 bits per heavy atom. The van der Waals surface area contributed by atoms with Gasteiger partial charge in [-0.2, -0.15) is 0 Å². The molecule has 106 valence electrons. The molecule has 0 saturated carbocycles. The molecule has 2 aromatic rings. The number of carbonyl (C=O) groups is 1. The summed E-state index contributed by atoms with van der Waals surface area (Å²) in [6, 6.07) is 2.48. The zero-order valence-electron chi connectivity index (χ0n) is 11.3. The highest BCUT2D eigenvalue weighted by Crippen LogP contribution is 2.26. The SMILES string of the molecule is CCOC(=O)c1nc(-c2c(F)ccc(C)c2F)n(C)n1. The van der Waals surface area contributed by atoms with Gasteiger partial charge in [-0.15, -0.1) is 5.10 Å². The molecule has 7 heteroatoms. The molecule has 0 saturated heterocycles. The minimum atomic E-state index is -0.765. The Kier molecular flexibility index (Phi) is 3.78. The van der Waals surface area contributed by atoms with Crippen LogP contribution in [0.5, 0.6) is 0 Å². The fourth-order valence-electron chi connectivity index (χ4n) is 1.75. The average molecular weight is 281 g/mol. The van der Waals surface area contributed by atoms with Crippen molar-refractivity contribution in [2.45, 2.75) is 13.8 Å². The molecule has 0 fully saturated rings. The predicted molar refractivity (Wildman–Crippen MR) is 67.0 cm³/mol. The highest BCUT2D eigenvalue weighted by molar-refractivity contribution is 5.85. The smallest absolute Gasteiger partial charge is 0.378 e. The fourth-order valence-corrected chi connectivity index (χ4v) is 1.75. The summed E-state index contributed by atoms with van der Waals surface area (Å²) in [5.74, 6) is -2.52. The third kappa shape index (κ3) is 2.38. The number of rotatable bonds is 3. The number of ether oxygens (including phenoxy) is 1.